The number of nitrogens with one attached hydrogen (secondary N) is 2. The Bertz CT molecular complexity index is 677. The fourth-order valence-corrected chi connectivity index (χ4v) is 2.33. The first-order chi connectivity index (χ1) is 9.63. The Labute approximate surface area is 115 Å². The van der Waals surface area contributed by atoms with Crippen LogP contribution in [0, 0.1) is 6.92 Å². The van der Waals surface area contributed by atoms with Gasteiger partial charge in [0.2, 0.25) is 5.91 Å². The molecule has 2 amide bonds. The number of hydrogen-bond acceptors (Lipinski definition) is 3. The van der Waals surface area contributed by atoms with Crippen molar-refractivity contribution in [2.75, 3.05) is 10.6 Å². The molecule has 0 aliphatic carbocycles. The quantitative estimate of drug-likeness (QED) is 0.833. The summed E-state index contributed by atoms with van der Waals surface area (Å²) >= 11 is 0. The molecule has 3 rings (SSSR count). The van der Waals surface area contributed by atoms with Gasteiger partial charge in [-0.25, -0.2) is 9.78 Å². The second-order valence-electron chi connectivity index (χ2n) is 4.78. The van der Waals surface area contributed by atoms with Gasteiger partial charge in [0.25, 0.3) is 0 Å². The second-order valence-corrected chi connectivity index (χ2v) is 4.78. The highest BCUT2D eigenvalue weighted by Crippen LogP contribution is 2.29. The number of aromatic nitrogens is 2. The average Bonchev–Trinajstić information content (AvgIpc) is 2.94. The summed E-state index contributed by atoms with van der Waals surface area (Å²) in [5, 5.41) is 5.69. The predicted octanol–water partition coefficient (Wildman–Crippen LogP) is 2.16. The lowest BCUT2D eigenvalue weighted by Crippen LogP contribution is -2.21. The lowest BCUT2D eigenvalue weighted by molar-refractivity contribution is -0.116. The summed E-state index contributed by atoms with van der Waals surface area (Å²) in [5.41, 5.74) is 3.57. The summed E-state index contributed by atoms with van der Waals surface area (Å²) in [5.74, 6) is 0.0378. The largest absolute Gasteiger partial charge is 0.331 e. The first-order valence-electron chi connectivity index (χ1n) is 6.36. The van der Waals surface area contributed by atoms with E-state index in [2.05, 4.69) is 15.6 Å². The van der Waals surface area contributed by atoms with E-state index in [4.69, 9.17) is 0 Å². The van der Waals surface area contributed by atoms with Gasteiger partial charge >= 0.3 is 6.03 Å². The van der Waals surface area contributed by atoms with E-state index in [1.54, 1.807) is 12.4 Å². The molecular weight excluding hydrogens is 256 g/mol. The number of anilines is 2. The van der Waals surface area contributed by atoms with E-state index >= 15 is 0 Å². The molecule has 2 heterocycles. The minimum atomic E-state index is -0.262. The van der Waals surface area contributed by atoms with Gasteiger partial charge in [0.05, 0.1) is 0 Å². The molecule has 1 aromatic heterocycles. The lowest BCUT2D eigenvalue weighted by atomic mass is 9.98. The van der Waals surface area contributed by atoms with Crippen molar-refractivity contribution < 1.29 is 9.59 Å². The molecule has 0 unspecified atom stereocenters. The van der Waals surface area contributed by atoms with Crippen LogP contribution >= 0.6 is 0 Å². The summed E-state index contributed by atoms with van der Waals surface area (Å²) in [4.78, 5) is 27.2. The van der Waals surface area contributed by atoms with Gasteiger partial charge in [-0.15, -0.1) is 0 Å². The van der Waals surface area contributed by atoms with Crippen molar-refractivity contribution in [2.24, 2.45) is 0 Å². The van der Waals surface area contributed by atoms with E-state index in [0.29, 0.717) is 12.8 Å². The molecule has 2 aromatic rings. The van der Waals surface area contributed by atoms with E-state index in [1.807, 2.05) is 19.1 Å². The molecular formula is C14H14N4O2. The third kappa shape index (κ3) is 2.27. The number of carbonyl (C=O) groups is 2. The standard InChI is InChI=1S/C14H14N4O2/c1-9-6-11(16-14(20)18-5-4-15-8-18)7-10-2-3-12(19)17-13(9)10/h4-8H,2-3H2,1H3,(H,16,20)(H,17,19). The molecule has 2 N–H and O–H groups in total. The minimum Gasteiger partial charge on any atom is -0.326 e. The van der Waals surface area contributed by atoms with E-state index < -0.39 is 0 Å². The molecule has 0 fully saturated rings. The average molecular weight is 270 g/mol. The SMILES string of the molecule is Cc1cc(NC(=O)n2ccnc2)cc2c1NC(=O)CC2. The number of carbonyl (C=O) groups excluding carboxylic acids is 2. The maximum Gasteiger partial charge on any atom is 0.331 e. The van der Waals surface area contributed by atoms with Crippen LogP contribution in [-0.2, 0) is 11.2 Å². The third-order valence-corrected chi connectivity index (χ3v) is 3.29. The molecule has 1 aliphatic heterocycles. The number of fused-ring (bicyclic) bond motifs is 1. The van der Waals surface area contributed by atoms with Crippen LogP contribution in [0.3, 0.4) is 0 Å². The Morgan fingerprint density at radius 2 is 2.25 bits per heavy atom. The number of nitrogens with zero attached hydrogens (tertiary/aromatic N) is 2. The van der Waals surface area contributed by atoms with E-state index in [1.165, 1.54) is 10.9 Å². The number of amides is 2. The predicted molar refractivity (Wildman–Crippen MR) is 74.8 cm³/mol. The topological polar surface area (TPSA) is 76.0 Å². The highest BCUT2D eigenvalue weighted by molar-refractivity contribution is 5.96. The molecule has 1 aliphatic rings. The smallest absolute Gasteiger partial charge is 0.326 e. The van der Waals surface area contributed by atoms with Crippen LogP contribution < -0.4 is 10.6 Å². The first-order valence-corrected chi connectivity index (χ1v) is 6.36. The molecule has 0 atom stereocenters. The maximum absolute atomic E-state index is 11.9. The second kappa shape index (κ2) is 4.80. The van der Waals surface area contributed by atoms with Crippen LogP contribution in [0.2, 0.25) is 0 Å². The zero-order valence-electron chi connectivity index (χ0n) is 11.0. The van der Waals surface area contributed by atoms with Crippen molar-refractivity contribution in [1.29, 1.82) is 0 Å². The van der Waals surface area contributed by atoms with Crippen LogP contribution in [0.4, 0.5) is 16.2 Å². The molecule has 6 heteroatoms. The summed E-state index contributed by atoms with van der Waals surface area (Å²) < 4.78 is 1.37. The van der Waals surface area contributed by atoms with Gasteiger partial charge in [0, 0.05) is 30.2 Å². The molecule has 20 heavy (non-hydrogen) atoms. The van der Waals surface area contributed by atoms with E-state index in [9.17, 15) is 9.59 Å². The van der Waals surface area contributed by atoms with Gasteiger partial charge in [0.1, 0.15) is 6.33 Å². The Kier molecular flexibility index (Phi) is 2.98. The molecule has 0 saturated heterocycles. The number of aryl methyl sites for hydroxylation is 2. The van der Waals surface area contributed by atoms with Crippen molar-refractivity contribution >= 4 is 23.3 Å². The number of rotatable bonds is 1. The van der Waals surface area contributed by atoms with Gasteiger partial charge in [0.15, 0.2) is 0 Å². The fourth-order valence-electron chi connectivity index (χ4n) is 2.33. The van der Waals surface area contributed by atoms with Crippen LogP contribution in [0.25, 0.3) is 0 Å². The third-order valence-electron chi connectivity index (χ3n) is 3.29. The highest BCUT2D eigenvalue weighted by atomic mass is 16.2. The van der Waals surface area contributed by atoms with Crippen LogP contribution in [-0.4, -0.2) is 21.5 Å². The van der Waals surface area contributed by atoms with Gasteiger partial charge in [-0.3, -0.25) is 9.36 Å². The van der Waals surface area contributed by atoms with Crippen LogP contribution in [0.1, 0.15) is 17.5 Å². The number of benzene rings is 1. The van der Waals surface area contributed by atoms with Crippen LogP contribution in [0.5, 0.6) is 0 Å². The minimum absolute atomic E-state index is 0.0378. The van der Waals surface area contributed by atoms with Crippen molar-refractivity contribution in [3.63, 3.8) is 0 Å². The molecule has 0 spiro atoms. The Morgan fingerprint density at radius 3 is 3.00 bits per heavy atom. The lowest BCUT2D eigenvalue weighted by Gasteiger charge is -2.20. The summed E-state index contributed by atoms with van der Waals surface area (Å²) in [6, 6.07) is 3.48. The zero-order valence-corrected chi connectivity index (χ0v) is 11.0. The van der Waals surface area contributed by atoms with Crippen molar-refractivity contribution in [3.8, 4) is 0 Å². The zero-order chi connectivity index (χ0) is 14.1. The molecule has 1 aromatic carbocycles. The van der Waals surface area contributed by atoms with Crippen LogP contribution in [0.15, 0.2) is 30.9 Å². The van der Waals surface area contributed by atoms with Crippen molar-refractivity contribution in [3.05, 3.63) is 42.0 Å². The number of hydrogen-bond donors (Lipinski definition) is 2. The van der Waals surface area contributed by atoms with E-state index in [-0.39, 0.29) is 11.9 Å². The molecule has 0 saturated carbocycles. The Balaban J connectivity index is 1.87. The van der Waals surface area contributed by atoms with Gasteiger partial charge in [-0.05, 0) is 36.6 Å². The maximum atomic E-state index is 11.9. The summed E-state index contributed by atoms with van der Waals surface area (Å²) in [7, 11) is 0. The molecule has 102 valence electrons. The summed E-state index contributed by atoms with van der Waals surface area (Å²) in [6.45, 7) is 1.91. The Morgan fingerprint density at radius 1 is 1.40 bits per heavy atom. The monoisotopic (exact) mass is 270 g/mol. The molecule has 0 radical (unpaired) electrons. The first kappa shape index (κ1) is 12.4. The fraction of sp³-hybridized carbons (Fsp3) is 0.214. The van der Waals surface area contributed by atoms with Gasteiger partial charge in [-0.2, -0.15) is 0 Å². The van der Waals surface area contributed by atoms with Gasteiger partial charge < -0.3 is 10.6 Å². The normalized spacial score (nSPS) is 13.6. The highest BCUT2D eigenvalue weighted by Gasteiger charge is 2.18. The Hall–Kier alpha value is -2.63. The van der Waals surface area contributed by atoms with Gasteiger partial charge in [-0.1, -0.05) is 0 Å². The van der Waals surface area contributed by atoms with Crippen molar-refractivity contribution in [1.82, 2.24) is 9.55 Å². The van der Waals surface area contributed by atoms with E-state index in [0.717, 1.165) is 22.5 Å². The summed E-state index contributed by atoms with van der Waals surface area (Å²) in [6.07, 6.45) is 5.75. The van der Waals surface area contributed by atoms with Crippen molar-refractivity contribution in [2.45, 2.75) is 19.8 Å². The molecule has 6 nitrogen and oxygen atoms in total. The number of imidazole rings is 1. The molecule has 0 bridgehead atoms.